The van der Waals surface area contributed by atoms with E-state index >= 15 is 0 Å². The summed E-state index contributed by atoms with van der Waals surface area (Å²) in [6, 6.07) is 6.04. The number of nitrogens with zero attached hydrogens (tertiary/aromatic N) is 2. The molecule has 92 valence electrons. The number of rotatable bonds is 3. The van der Waals surface area contributed by atoms with E-state index in [9.17, 15) is 4.79 Å². The van der Waals surface area contributed by atoms with Gasteiger partial charge in [0.2, 0.25) is 5.91 Å². The van der Waals surface area contributed by atoms with Crippen molar-refractivity contribution in [1.29, 1.82) is 0 Å². The van der Waals surface area contributed by atoms with Crippen molar-refractivity contribution in [2.45, 2.75) is 0 Å². The predicted octanol–water partition coefficient (Wildman–Crippen LogP) is 1.45. The van der Waals surface area contributed by atoms with E-state index < -0.39 is 0 Å². The average molecular weight is 298 g/mol. The number of amides is 1. The van der Waals surface area contributed by atoms with Crippen LogP contribution in [0.4, 0.5) is 11.4 Å². The van der Waals surface area contributed by atoms with Crippen LogP contribution in [-0.4, -0.2) is 39.6 Å². The number of nitrogens with one attached hydrogen (secondary N) is 1. The van der Waals surface area contributed by atoms with Crippen LogP contribution in [0.2, 0.25) is 0 Å². The van der Waals surface area contributed by atoms with Gasteiger partial charge in [0.15, 0.2) is 0 Å². The Bertz CT molecular complexity index is 436. The standard InChI is InChI=1S/C12H16BrN3O/c1-14-5-6-16-11-7-9(13)3-4-10(11)15(2)8-12(16)17/h3-4,7,14H,5-6,8H2,1-2H3. The van der Waals surface area contributed by atoms with Gasteiger partial charge < -0.3 is 15.1 Å². The Labute approximate surface area is 110 Å². The molecule has 5 heteroatoms. The van der Waals surface area contributed by atoms with Crippen LogP contribution < -0.4 is 15.1 Å². The summed E-state index contributed by atoms with van der Waals surface area (Å²) in [7, 11) is 3.84. The van der Waals surface area contributed by atoms with Gasteiger partial charge in [0.1, 0.15) is 0 Å². The largest absolute Gasteiger partial charge is 0.364 e. The van der Waals surface area contributed by atoms with Gasteiger partial charge in [-0.1, -0.05) is 15.9 Å². The molecular weight excluding hydrogens is 282 g/mol. The molecule has 2 rings (SSSR count). The number of benzene rings is 1. The highest BCUT2D eigenvalue weighted by Crippen LogP contribution is 2.34. The zero-order valence-electron chi connectivity index (χ0n) is 10.0. The van der Waals surface area contributed by atoms with Crippen LogP contribution >= 0.6 is 15.9 Å². The summed E-state index contributed by atoms with van der Waals surface area (Å²) in [6.07, 6.45) is 0. The van der Waals surface area contributed by atoms with E-state index in [4.69, 9.17) is 0 Å². The summed E-state index contributed by atoms with van der Waals surface area (Å²) < 4.78 is 0.994. The fourth-order valence-electron chi connectivity index (χ4n) is 2.01. The van der Waals surface area contributed by atoms with Crippen LogP contribution in [0, 0.1) is 0 Å². The van der Waals surface area contributed by atoms with Crippen molar-refractivity contribution in [3.63, 3.8) is 0 Å². The average Bonchev–Trinajstić information content (AvgIpc) is 2.28. The van der Waals surface area contributed by atoms with Crippen molar-refractivity contribution in [3.05, 3.63) is 22.7 Å². The molecule has 0 saturated heterocycles. The summed E-state index contributed by atoms with van der Waals surface area (Å²) in [5.74, 6) is 0.147. The summed E-state index contributed by atoms with van der Waals surface area (Å²) in [5.41, 5.74) is 2.08. The molecule has 0 spiro atoms. The van der Waals surface area contributed by atoms with Crippen LogP contribution in [-0.2, 0) is 4.79 Å². The summed E-state index contributed by atoms with van der Waals surface area (Å²) >= 11 is 3.45. The van der Waals surface area contributed by atoms with Gasteiger partial charge in [-0.15, -0.1) is 0 Å². The Balaban J connectivity index is 2.37. The van der Waals surface area contributed by atoms with Gasteiger partial charge in [0, 0.05) is 24.6 Å². The Morgan fingerprint density at radius 2 is 2.18 bits per heavy atom. The first-order valence-corrected chi connectivity index (χ1v) is 6.38. The number of fused-ring (bicyclic) bond motifs is 1. The fraction of sp³-hybridized carbons (Fsp3) is 0.417. The summed E-state index contributed by atoms with van der Waals surface area (Å²) in [4.78, 5) is 15.9. The maximum absolute atomic E-state index is 12.0. The van der Waals surface area contributed by atoms with Gasteiger partial charge in [-0.3, -0.25) is 4.79 Å². The third-order valence-corrected chi connectivity index (χ3v) is 3.39. The molecule has 1 heterocycles. The second-order valence-corrected chi connectivity index (χ2v) is 5.05. The number of anilines is 2. The van der Waals surface area contributed by atoms with Crippen LogP contribution in [0.25, 0.3) is 0 Å². The highest BCUT2D eigenvalue weighted by atomic mass is 79.9. The van der Waals surface area contributed by atoms with E-state index in [2.05, 4.69) is 21.2 Å². The Morgan fingerprint density at radius 3 is 2.88 bits per heavy atom. The number of halogens is 1. The van der Waals surface area contributed by atoms with E-state index in [1.807, 2.05) is 42.1 Å². The van der Waals surface area contributed by atoms with Crippen LogP contribution in [0.15, 0.2) is 22.7 Å². The maximum Gasteiger partial charge on any atom is 0.246 e. The van der Waals surface area contributed by atoms with Gasteiger partial charge >= 0.3 is 0 Å². The molecule has 0 aromatic heterocycles. The molecule has 1 N–H and O–H groups in total. The van der Waals surface area contributed by atoms with Crippen molar-refractivity contribution in [2.24, 2.45) is 0 Å². The molecule has 1 aliphatic heterocycles. The Kier molecular flexibility index (Phi) is 3.69. The molecule has 4 nitrogen and oxygen atoms in total. The topological polar surface area (TPSA) is 35.6 Å². The minimum atomic E-state index is 0.147. The zero-order chi connectivity index (χ0) is 12.4. The number of hydrogen-bond donors (Lipinski definition) is 1. The molecule has 0 aliphatic carbocycles. The first-order valence-electron chi connectivity index (χ1n) is 5.59. The fourth-order valence-corrected chi connectivity index (χ4v) is 2.36. The Hall–Kier alpha value is -1.07. The van der Waals surface area contributed by atoms with Gasteiger partial charge in [0.05, 0.1) is 17.9 Å². The number of likely N-dealkylation sites (N-methyl/N-ethyl adjacent to an activating group) is 2. The van der Waals surface area contributed by atoms with Crippen LogP contribution in [0.5, 0.6) is 0 Å². The molecule has 0 unspecified atom stereocenters. The zero-order valence-corrected chi connectivity index (χ0v) is 11.6. The lowest BCUT2D eigenvalue weighted by Gasteiger charge is -2.35. The van der Waals surface area contributed by atoms with E-state index in [0.29, 0.717) is 13.1 Å². The molecule has 1 aliphatic rings. The molecule has 0 bridgehead atoms. The normalized spacial score (nSPS) is 15.1. The summed E-state index contributed by atoms with van der Waals surface area (Å²) in [5, 5.41) is 3.07. The molecular formula is C12H16BrN3O. The van der Waals surface area contributed by atoms with Gasteiger partial charge in [0.25, 0.3) is 0 Å². The SMILES string of the molecule is CNCCN1C(=O)CN(C)c2ccc(Br)cc21. The quantitative estimate of drug-likeness (QED) is 0.917. The number of hydrogen-bond acceptors (Lipinski definition) is 3. The van der Waals surface area contributed by atoms with Crippen molar-refractivity contribution in [1.82, 2.24) is 5.32 Å². The third kappa shape index (κ3) is 2.45. The maximum atomic E-state index is 12.0. The highest BCUT2D eigenvalue weighted by molar-refractivity contribution is 9.10. The highest BCUT2D eigenvalue weighted by Gasteiger charge is 2.26. The molecule has 0 fully saturated rings. The second-order valence-electron chi connectivity index (χ2n) is 4.14. The van der Waals surface area contributed by atoms with Crippen molar-refractivity contribution in [2.75, 3.05) is 43.5 Å². The van der Waals surface area contributed by atoms with Gasteiger partial charge in [-0.2, -0.15) is 0 Å². The first kappa shape index (κ1) is 12.4. The summed E-state index contributed by atoms with van der Waals surface area (Å²) in [6.45, 7) is 1.94. The number of carbonyl (C=O) groups excluding carboxylic acids is 1. The third-order valence-electron chi connectivity index (χ3n) is 2.90. The smallest absolute Gasteiger partial charge is 0.246 e. The predicted molar refractivity (Wildman–Crippen MR) is 73.7 cm³/mol. The van der Waals surface area contributed by atoms with Gasteiger partial charge in [-0.25, -0.2) is 0 Å². The van der Waals surface area contributed by atoms with Crippen molar-refractivity contribution in [3.8, 4) is 0 Å². The lowest BCUT2D eigenvalue weighted by molar-refractivity contribution is -0.117. The second kappa shape index (κ2) is 5.06. The molecule has 1 aromatic carbocycles. The molecule has 1 amide bonds. The van der Waals surface area contributed by atoms with Crippen LogP contribution in [0.1, 0.15) is 0 Å². The van der Waals surface area contributed by atoms with Crippen molar-refractivity contribution < 1.29 is 4.79 Å². The lowest BCUT2D eigenvalue weighted by atomic mass is 10.1. The van der Waals surface area contributed by atoms with E-state index in [1.54, 1.807) is 0 Å². The van der Waals surface area contributed by atoms with Gasteiger partial charge in [-0.05, 0) is 25.2 Å². The number of carbonyl (C=O) groups is 1. The van der Waals surface area contributed by atoms with E-state index in [-0.39, 0.29) is 5.91 Å². The molecule has 1 aromatic rings. The minimum Gasteiger partial charge on any atom is -0.364 e. The minimum absolute atomic E-state index is 0.147. The Morgan fingerprint density at radius 1 is 1.41 bits per heavy atom. The molecule has 0 saturated carbocycles. The van der Waals surface area contributed by atoms with Crippen molar-refractivity contribution >= 4 is 33.2 Å². The molecule has 0 radical (unpaired) electrons. The van der Waals surface area contributed by atoms with E-state index in [0.717, 1.165) is 22.4 Å². The first-order chi connectivity index (χ1) is 8.13. The molecule has 0 atom stereocenters. The molecule has 17 heavy (non-hydrogen) atoms. The van der Waals surface area contributed by atoms with Crippen LogP contribution in [0.3, 0.4) is 0 Å². The monoisotopic (exact) mass is 297 g/mol. The lowest BCUT2D eigenvalue weighted by Crippen LogP contribution is -2.46. The van der Waals surface area contributed by atoms with E-state index in [1.165, 1.54) is 0 Å².